The number of rotatable bonds is 4. The lowest BCUT2D eigenvalue weighted by Crippen LogP contribution is -2.12. The third-order valence-corrected chi connectivity index (χ3v) is 3.85. The van der Waals surface area contributed by atoms with Gasteiger partial charge >= 0.3 is 5.97 Å². The summed E-state index contributed by atoms with van der Waals surface area (Å²) in [6.07, 6.45) is 0. The van der Waals surface area contributed by atoms with Crippen LogP contribution in [0.25, 0.3) is 10.9 Å². The molecule has 0 saturated heterocycles. The Bertz CT molecular complexity index is 716. The minimum absolute atomic E-state index is 0.0719. The Morgan fingerprint density at radius 2 is 1.83 bits per heavy atom. The van der Waals surface area contributed by atoms with Crippen molar-refractivity contribution in [2.75, 3.05) is 6.61 Å². The van der Waals surface area contributed by atoms with E-state index in [1.54, 1.807) is 31.2 Å². The van der Waals surface area contributed by atoms with Gasteiger partial charge in [0.15, 0.2) is 5.43 Å². The Morgan fingerprint density at radius 1 is 1.17 bits per heavy atom. The van der Waals surface area contributed by atoms with Crippen molar-refractivity contribution in [3.63, 3.8) is 0 Å². The van der Waals surface area contributed by atoms with Crippen LogP contribution in [0, 0.1) is 5.92 Å². The number of pyridine rings is 1. The van der Waals surface area contributed by atoms with E-state index in [4.69, 9.17) is 4.74 Å². The number of aromatic nitrogens is 1. The van der Waals surface area contributed by atoms with Crippen molar-refractivity contribution in [3.8, 4) is 0 Å². The number of H-pyrrole nitrogens is 1. The van der Waals surface area contributed by atoms with Gasteiger partial charge in [-0.2, -0.15) is 0 Å². The van der Waals surface area contributed by atoms with Gasteiger partial charge in [-0.1, -0.05) is 34.6 Å². The van der Waals surface area contributed by atoms with Crippen LogP contribution in [0.15, 0.2) is 29.1 Å². The van der Waals surface area contributed by atoms with Gasteiger partial charge in [0.2, 0.25) is 0 Å². The number of fused-ring (bicyclic) bond motifs is 1. The molecule has 4 heteroatoms. The molecule has 0 bridgehead atoms. The van der Waals surface area contributed by atoms with Gasteiger partial charge in [0.25, 0.3) is 0 Å². The molecule has 1 aromatic heterocycles. The third-order valence-electron chi connectivity index (χ3n) is 3.85. The lowest BCUT2D eigenvalue weighted by molar-refractivity contribution is 0.0526. The molecule has 1 atom stereocenters. The Balaban J connectivity index is 0.00000127. The Kier molecular flexibility index (Phi) is 7.01. The first-order valence-corrected chi connectivity index (χ1v) is 8.28. The average molecular weight is 317 g/mol. The molecule has 0 saturated carbocycles. The van der Waals surface area contributed by atoms with Crippen molar-refractivity contribution in [3.05, 3.63) is 45.7 Å². The van der Waals surface area contributed by atoms with Crippen molar-refractivity contribution in [2.24, 2.45) is 5.92 Å². The van der Waals surface area contributed by atoms with Crippen LogP contribution in [0.4, 0.5) is 0 Å². The van der Waals surface area contributed by atoms with Crippen LogP contribution in [0.3, 0.4) is 0 Å². The maximum atomic E-state index is 12.3. The fourth-order valence-electron chi connectivity index (χ4n) is 2.21. The quantitative estimate of drug-likeness (QED) is 0.845. The van der Waals surface area contributed by atoms with Crippen LogP contribution in [0.1, 0.15) is 63.5 Å². The molecule has 23 heavy (non-hydrogen) atoms. The summed E-state index contributed by atoms with van der Waals surface area (Å²) in [5.41, 5.74) is 2.00. The lowest BCUT2D eigenvalue weighted by atomic mass is 9.93. The van der Waals surface area contributed by atoms with E-state index >= 15 is 0 Å². The van der Waals surface area contributed by atoms with Gasteiger partial charge in [0.1, 0.15) is 0 Å². The predicted octanol–water partition coefficient (Wildman–Crippen LogP) is 4.49. The highest BCUT2D eigenvalue weighted by atomic mass is 16.5. The second-order valence-corrected chi connectivity index (χ2v) is 5.60. The Morgan fingerprint density at radius 3 is 2.39 bits per heavy atom. The fourth-order valence-corrected chi connectivity index (χ4v) is 2.21. The van der Waals surface area contributed by atoms with Crippen LogP contribution >= 0.6 is 0 Å². The molecule has 0 aliphatic rings. The van der Waals surface area contributed by atoms with E-state index in [0.717, 1.165) is 11.2 Å². The van der Waals surface area contributed by atoms with Gasteiger partial charge in [-0.3, -0.25) is 4.79 Å². The molecule has 126 valence electrons. The normalized spacial score (nSPS) is 11.8. The highest BCUT2D eigenvalue weighted by Crippen LogP contribution is 2.22. The lowest BCUT2D eigenvalue weighted by Gasteiger charge is -2.16. The van der Waals surface area contributed by atoms with Crippen molar-refractivity contribution in [1.29, 1.82) is 0 Å². The number of esters is 1. The molecule has 1 heterocycles. The van der Waals surface area contributed by atoms with Crippen molar-refractivity contribution in [1.82, 2.24) is 4.98 Å². The van der Waals surface area contributed by atoms with Gasteiger partial charge in [0, 0.05) is 22.7 Å². The molecule has 0 amide bonds. The number of benzene rings is 1. The molecule has 0 aliphatic heterocycles. The van der Waals surface area contributed by atoms with Gasteiger partial charge < -0.3 is 9.72 Å². The van der Waals surface area contributed by atoms with E-state index in [1.807, 2.05) is 13.8 Å². The van der Waals surface area contributed by atoms with Gasteiger partial charge in [-0.05, 0) is 37.0 Å². The molecule has 0 fully saturated rings. The number of nitrogens with one attached hydrogen (secondary N) is 1. The number of carbonyl (C=O) groups is 1. The summed E-state index contributed by atoms with van der Waals surface area (Å²) >= 11 is 0. The Labute approximate surface area is 137 Å². The molecule has 2 aromatic rings. The van der Waals surface area contributed by atoms with Crippen LogP contribution in [-0.2, 0) is 4.74 Å². The van der Waals surface area contributed by atoms with Crippen molar-refractivity contribution >= 4 is 16.9 Å². The van der Waals surface area contributed by atoms with Crippen LogP contribution in [0.2, 0.25) is 0 Å². The molecule has 1 unspecified atom stereocenters. The van der Waals surface area contributed by atoms with Crippen LogP contribution < -0.4 is 5.43 Å². The summed E-state index contributed by atoms with van der Waals surface area (Å²) < 4.78 is 4.96. The monoisotopic (exact) mass is 317 g/mol. The summed E-state index contributed by atoms with van der Waals surface area (Å²) in [5.74, 6) is 0.308. The second kappa shape index (κ2) is 8.51. The van der Waals surface area contributed by atoms with Crippen molar-refractivity contribution in [2.45, 2.75) is 47.5 Å². The highest BCUT2D eigenvalue weighted by Gasteiger charge is 2.14. The van der Waals surface area contributed by atoms with E-state index in [1.165, 1.54) is 0 Å². The highest BCUT2D eigenvalue weighted by molar-refractivity contribution is 5.94. The number of ether oxygens (including phenoxy) is 1. The van der Waals surface area contributed by atoms with Gasteiger partial charge in [0.05, 0.1) is 12.2 Å². The largest absolute Gasteiger partial charge is 0.462 e. The van der Waals surface area contributed by atoms with Gasteiger partial charge in [-0.15, -0.1) is 0 Å². The first-order valence-electron chi connectivity index (χ1n) is 8.28. The molecular formula is C19H27NO3. The second-order valence-electron chi connectivity index (χ2n) is 5.60. The van der Waals surface area contributed by atoms with Crippen LogP contribution in [0.5, 0.6) is 0 Å². The zero-order valence-corrected chi connectivity index (χ0v) is 14.9. The topological polar surface area (TPSA) is 59.2 Å². The Hall–Kier alpha value is -2.10. The summed E-state index contributed by atoms with van der Waals surface area (Å²) in [7, 11) is 0. The van der Waals surface area contributed by atoms with E-state index in [-0.39, 0.29) is 11.3 Å². The molecule has 2 rings (SSSR count). The third kappa shape index (κ3) is 4.44. The maximum Gasteiger partial charge on any atom is 0.338 e. The zero-order chi connectivity index (χ0) is 17.6. The van der Waals surface area contributed by atoms with E-state index in [9.17, 15) is 9.59 Å². The summed E-state index contributed by atoms with van der Waals surface area (Å²) in [6.45, 7) is 12.4. The summed E-state index contributed by atoms with van der Waals surface area (Å²) in [4.78, 5) is 27.3. The summed E-state index contributed by atoms with van der Waals surface area (Å²) in [6, 6.07) is 6.66. The smallest absolute Gasteiger partial charge is 0.338 e. The molecule has 4 nitrogen and oxygen atoms in total. The average Bonchev–Trinajstić information content (AvgIpc) is 2.55. The van der Waals surface area contributed by atoms with E-state index < -0.39 is 5.97 Å². The molecule has 1 aromatic carbocycles. The maximum absolute atomic E-state index is 12.3. The number of hydrogen-bond acceptors (Lipinski definition) is 3. The fraction of sp³-hybridized carbons (Fsp3) is 0.474. The van der Waals surface area contributed by atoms with E-state index in [2.05, 4.69) is 25.8 Å². The SMILES string of the molecule is CC.CCOC(=O)c1ccc2[nH]c(C(C)C(C)C)cc(=O)c2c1. The first-order chi connectivity index (χ1) is 10.9. The number of hydrogen-bond donors (Lipinski definition) is 1. The van der Waals surface area contributed by atoms with E-state index in [0.29, 0.717) is 23.5 Å². The minimum atomic E-state index is -0.404. The minimum Gasteiger partial charge on any atom is -0.462 e. The molecule has 0 spiro atoms. The molecule has 1 N–H and O–H groups in total. The number of aromatic amines is 1. The van der Waals surface area contributed by atoms with Crippen LogP contribution in [-0.4, -0.2) is 17.6 Å². The molecular weight excluding hydrogens is 290 g/mol. The predicted molar refractivity (Wildman–Crippen MR) is 95.1 cm³/mol. The standard InChI is InChI=1S/C17H21NO3.C2H6/c1-5-21-17(20)12-6-7-14-13(8-12)16(19)9-15(18-14)11(4)10(2)3;1-2/h6-11H,5H2,1-4H3,(H,18,19);1-2H3. The summed E-state index contributed by atoms with van der Waals surface area (Å²) in [5, 5.41) is 0.514. The number of carbonyl (C=O) groups excluding carboxylic acids is 1. The molecule has 0 radical (unpaired) electrons. The van der Waals surface area contributed by atoms with Crippen molar-refractivity contribution < 1.29 is 9.53 Å². The zero-order valence-electron chi connectivity index (χ0n) is 14.9. The van der Waals surface area contributed by atoms with Gasteiger partial charge in [-0.25, -0.2) is 4.79 Å². The molecule has 0 aliphatic carbocycles. The first kappa shape index (κ1) is 18.9.